The first kappa shape index (κ1) is 22.4. The third-order valence-electron chi connectivity index (χ3n) is 8.02. The molecule has 2 aliphatic carbocycles. The summed E-state index contributed by atoms with van der Waals surface area (Å²) in [6.07, 6.45) is -1.29. The Morgan fingerprint density at radius 1 is 1.24 bits per heavy atom. The first-order chi connectivity index (χ1) is 13.1. The van der Waals surface area contributed by atoms with Gasteiger partial charge in [0.2, 0.25) is 0 Å². The van der Waals surface area contributed by atoms with Crippen molar-refractivity contribution in [3.05, 3.63) is 12.7 Å². The van der Waals surface area contributed by atoms with Gasteiger partial charge in [0.25, 0.3) is 0 Å². The number of rotatable bonds is 2. The maximum atomic E-state index is 13.6. The van der Waals surface area contributed by atoms with Gasteiger partial charge in [-0.2, -0.15) is 0 Å². The molecule has 7 nitrogen and oxygen atoms in total. The number of hydrogen-bond donors (Lipinski definition) is 3. The molecule has 3 fully saturated rings. The summed E-state index contributed by atoms with van der Waals surface area (Å²) < 4.78 is 11.8. The minimum Gasteiger partial charge on any atom is -0.457 e. The summed E-state index contributed by atoms with van der Waals surface area (Å²) in [5.41, 5.74) is -7.00. The van der Waals surface area contributed by atoms with Crippen molar-refractivity contribution in [2.45, 2.75) is 95.9 Å². The van der Waals surface area contributed by atoms with Gasteiger partial charge in [-0.15, -0.1) is 6.58 Å². The van der Waals surface area contributed by atoms with Crippen LogP contribution in [0.3, 0.4) is 0 Å². The highest BCUT2D eigenvalue weighted by molar-refractivity contribution is 5.92. The monoisotopic (exact) mass is 410 g/mol. The van der Waals surface area contributed by atoms with E-state index in [1.165, 1.54) is 19.9 Å². The number of aliphatic hydroxyl groups is 3. The zero-order chi connectivity index (χ0) is 22.2. The van der Waals surface area contributed by atoms with Crippen molar-refractivity contribution < 1.29 is 34.4 Å². The van der Waals surface area contributed by atoms with Crippen LogP contribution >= 0.6 is 0 Å². The molecule has 0 spiro atoms. The molecule has 7 heteroatoms. The highest BCUT2D eigenvalue weighted by Crippen LogP contribution is 2.66. The largest absolute Gasteiger partial charge is 0.457 e. The molecule has 0 bridgehead atoms. The third-order valence-corrected chi connectivity index (χ3v) is 8.02. The van der Waals surface area contributed by atoms with Crippen molar-refractivity contribution in [2.75, 3.05) is 0 Å². The molecule has 3 aliphatic rings. The first-order valence-corrected chi connectivity index (χ1v) is 10.2. The summed E-state index contributed by atoms with van der Waals surface area (Å²) in [5.74, 6) is -1.87. The molecule has 29 heavy (non-hydrogen) atoms. The smallest absolute Gasteiger partial charge is 0.303 e. The van der Waals surface area contributed by atoms with Crippen LogP contribution in [0.25, 0.3) is 0 Å². The molecule has 0 radical (unpaired) electrons. The molecule has 8 atom stereocenters. The molecule has 0 aromatic heterocycles. The zero-order valence-corrected chi connectivity index (χ0v) is 18.2. The SMILES string of the molecule is C=C[C@@]1(C)CC(=O)[C@@]2(O)[C@@]3(C)C(O)CCC(C)(C)[C@@H]3C(O)C(OC(C)=O)[C@@]2(C)O1. The van der Waals surface area contributed by atoms with E-state index in [1.54, 1.807) is 13.8 Å². The number of ether oxygens (including phenoxy) is 2. The van der Waals surface area contributed by atoms with Crippen LogP contribution in [0.5, 0.6) is 0 Å². The second-order valence-corrected chi connectivity index (χ2v) is 10.4. The topological polar surface area (TPSA) is 113 Å². The summed E-state index contributed by atoms with van der Waals surface area (Å²) in [7, 11) is 0. The van der Waals surface area contributed by atoms with Gasteiger partial charge >= 0.3 is 5.97 Å². The van der Waals surface area contributed by atoms with Gasteiger partial charge in [0.1, 0.15) is 5.60 Å². The molecular weight excluding hydrogens is 376 g/mol. The lowest BCUT2D eigenvalue weighted by molar-refractivity contribution is -0.370. The van der Waals surface area contributed by atoms with Gasteiger partial charge in [-0.25, -0.2) is 0 Å². The van der Waals surface area contributed by atoms with Crippen molar-refractivity contribution in [1.29, 1.82) is 0 Å². The normalized spacial score (nSPS) is 51.6. The minimum atomic E-state index is -2.18. The van der Waals surface area contributed by atoms with Gasteiger partial charge in [-0.1, -0.05) is 26.8 Å². The standard InChI is InChI=1S/C22H34O7/c1-8-19(5)11-14(25)22(27)20(6)13(24)9-10-18(3,4)16(20)15(26)17(28-12(2)23)21(22,7)29-19/h8,13,15-17,24,26-27H,1,9-11H2,2-7H3/t13?,15?,16-,17?,19-,20-,21+,22+/m0/s1. The lowest BCUT2D eigenvalue weighted by Crippen LogP contribution is -2.86. The van der Waals surface area contributed by atoms with Crippen LogP contribution in [0, 0.1) is 16.7 Å². The number of carbonyl (C=O) groups is 2. The second-order valence-electron chi connectivity index (χ2n) is 10.4. The van der Waals surface area contributed by atoms with Gasteiger partial charge in [0, 0.05) is 24.7 Å². The molecule has 0 amide bonds. The molecule has 0 aromatic carbocycles. The Balaban J connectivity index is 2.33. The number of fused-ring (bicyclic) bond motifs is 3. The van der Waals surface area contributed by atoms with Crippen molar-refractivity contribution in [1.82, 2.24) is 0 Å². The van der Waals surface area contributed by atoms with Crippen LogP contribution in [0.4, 0.5) is 0 Å². The molecule has 2 saturated carbocycles. The quantitative estimate of drug-likeness (QED) is 0.467. The van der Waals surface area contributed by atoms with E-state index < -0.39 is 63.6 Å². The van der Waals surface area contributed by atoms with Crippen LogP contribution in [0.1, 0.15) is 60.8 Å². The fourth-order valence-electron chi connectivity index (χ4n) is 6.66. The Hall–Kier alpha value is -1.28. The third kappa shape index (κ3) is 2.63. The molecular formula is C22H34O7. The van der Waals surface area contributed by atoms with Crippen LogP contribution < -0.4 is 0 Å². The number of aliphatic hydroxyl groups excluding tert-OH is 2. The minimum absolute atomic E-state index is 0.138. The van der Waals surface area contributed by atoms with Gasteiger partial charge in [-0.05, 0) is 32.1 Å². The number of ketones is 1. The number of Topliss-reactive ketones (excluding diaryl/α,β-unsaturated/α-hetero) is 1. The van der Waals surface area contributed by atoms with E-state index in [-0.39, 0.29) is 6.42 Å². The van der Waals surface area contributed by atoms with Crippen molar-refractivity contribution in [2.24, 2.45) is 16.7 Å². The second kappa shape index (κ2) is 6.36. The van der Waals surface area contributed by atoms with Gasteiger partial charge in [-0.3, -0.25) is 9.59 Å². The lowest BCUT2D eigenvalue weighted by atomic mass is 9.40. The average Bonchev–Trinajstić information content (AvgIpc) is 2.59. The molecule has 1 saturated heterocycles. The molecule has 164 valence electrons. The number of hydrogen-bond acceptors (Lipinski definition) is 7. The van der Waals surface area contributed by atoms with E-state index in [1.807, 2.05) is 13.8 Å². The maximum Gasteiger partial charge on any atom is 0.303 e. The van der Waals surface area contributed by atoms with E-state index in [2.05, 4.69) is 6.58 Å². The van der Waals surface area contributed by atoms with E-state index in [9.17, 15) is 24.9 Å². The molecule has 3 unspecified atom stereocenters. The number of carbonyl (C=O) groups excluding carboxylic acids is 2. The Kier molecular flexibility index (Phi) is 4.91. The van der Waals surface area contributed by atoms with E-state index in [4.69, 9.17) is 9.47 Å². The highest BCUT2D eigenvalue weighted by atomic mass is 16.6. The van der Waals surface area contributed by atoms with E-state index in [0.717, 1.165) is 0 Å². The maximum absolute atomic E-state index is 13.6. The van der Waals surface area contributed by atoms with Crippen LogP contribution in [0.2, 0.25) is 0 Å². The predicted octanol–water partition coefficient (Wildman–Crippen LogP) is 1.52. The highest BCUT2D eigenvalue weighted by Gasteiger charge is 2.81. The summed E-state index contributed by atoms with van der Waals surface area (Å²) in [6.45, 7) is 13.6. The van der Waals surface area contributed by atoms with Gasteiger partial charge in [0.05, 0.1) is 17.8 Å². The average molecular weight is 411 g/mol. The zero-order valence-electron chi connectivity index (χ0n) is 18.2. The lowest BCUT2D eigenvalue weighted by Gasteiger charge is -2.71. The molecule has 3 rings (SSSR count). The molecule has 1 aliphatic heterocycles. The fourth-order valence-corrected chi connectivity index (χ4v) is 6.66. The van der Waals surface area contributed by atoms with Crippen molar-refractivity contribution >= 4 is 11.8 Å². The Morgan fingerprint density at radius 3 is 2.34 bits per heavy atom. The summed E-state index contributed by atoms with van der Waals surface area (Å²) in [4.78, 5) is 25.5. The van der Waals surface area contributed by atoms with Gasteiger partial charge < -0.3 is 24.8 Å². The predicted molar refractivity (Wildman–Crippen MR) is 105 cm³/mol. The fraction of sp³-hybridized carbons (Fsp3) is 0.818. The summed E-state index contributed by atoms with van der Waals surface area (Å²) in [5, 5.41) is 34.7. The number of esters is 1. The Bertz CT molecular complexity index is 747. The molecule has 0 aromatic rings. The van der Waals surface area contributed by atoms with Crippen molar-refractivity contribution in [3.63, 3.8) is 0 Å². The summed E-state index contributed by atoms with van der Waals surface area (Å²) >= 11 is 0. The first-order valence-electron chi connectivity index (χ1n) is 10.2. The van der Waals surface area contributed by atoms with Crippen LogP contribution in [-0.4, -0.2) is 62.2 Å². The Morgan fingerprint density at radius 2 is 1.83 bits per heavy atom. The van der Waals surface area contributed by atoms with Crippen LogP contribution in [0.15, 0.2) is 12.7 Å². The van der Waals surface area contributed by atoms with Gasteiger partial charge in [0.15, 0.2) is 17.5 Å². The molecule has 1 heterocycles. The molecule has 3 N–H and O–H groups in total. The van der Waals surface area contributed by atoms with Crippen molar-refractivity contribution in [3.8, 4) is 0 Å². The van der Waals surface area contributed by atoms with Crippen LogP contribution in [-0.2, 0) is 19.1 Å². The summed E-state index contributed by atoms with van der Waals surface area (Å²) in [6, 6.07) is 0. The van der Waals surface area contributed by atoms with E-state index >= 15 is 0 Å². The Labute approximate surface area is 172 Å². The van der Waals surface area contributed by atoms with E-state index in [0.29, 0.717) is 12.8 Å².